The predicted octanol–water partition coefficient (Wildman–Crippen LogP) is 4.95. The number of piperidine rings is 1. The van der Waals surface area contributed by atoms with E-state index in [0.717, 1.165) is 36.1 Å². The topological polar surface area (TPSA) is 67.9 Å². The first-order chi connectivity index (χ1) is 15.9. The van der Waals surface area contributed by atoms with Crippen LogP contribution in [-0.2, 0) is 10.0 Å². The molecule has 1 saturated heterocycles. The van der Waals surface area contributed by atoms with Crippen LogP contribution in [0.25, 0.3) is 0 Å². The molecule has 5 rings (SSSR count). The molecule has 2 aliphatic heterocycles. The molecule has 0 radical (unpaired) electrons. The van der Waals surface area contributed by atoms with Crippen molar-refractivity contribution in [1.82, 2.24) is 4.31 Å². The van der Waals surface area contributed by atoms with Gasteiger partial charge in [-0.15, -0.1) is 0 Å². The van der Waals surface area contributed by atoms with Gasteiger partial charge in [0.25, 0.3) is 0 Å². The largest absolute Gasteiger partial charge is 0.493 e. The number of anilines is 1. The molecular formula is C26H32N2O4S. The third-order valence-electron chi connectivity index (χ3n) is 7.48. The molecule has 33 heavy (non-hydrogen) atoms. The Balaban J connectivity index is 1.48. The number of methoxy groups -OCH3 is 2. The van der Waals surface area contributed by atoms with Gasteiger partial charge in [0.1, 0.15) is 0 Å². The van der Waals surface area contributed by atoms with Crippen molar-refractivity contribution in [2.75, 3.05) is 32.6 Å². The van der Waals surface area contributed by atoms with Gasteiger partial charge in [-0.05, 0) is 72.6 Å². The summed E-state index contributed by atoms with van der Waals surface area (Å²) >= 11 is 0. The number of hydrogen-bond acceptors (Lipinski definition) is 5. The summed E-state index contributed by atoms with van der Waals surface area (Å²) in [4.78, 5) is 0.404. The van der Waals surface area contributed by atoms with Crippen molar-refractivity contribution in [2.45, 2.75) is 43.0 Å². The first kappa shape index (κ1) is 22.3. The van der Waals surface area contributed by atoms with Gasteiger partial charge in [0.15, 0.2) is 11.5 Å². The van der Waals surface area contributed by atoms with Crippen molar-refractivity contribution in [2.24, 2.45) is 11.8 Å². The summed E-state index contributed by atoms with van der Waals surface area (Å²) < 4.78 is 39.3. The van der Waals surface area contributed by atoms with Gasteiger partial charge >= 0.3 is 0 Å². The van der Waals surface area contributed by atoms with Gasteiger partial charge in [-0.1, -0.05) is 25.1 Å². The summed E-state index contributed by atoms with van der Waals surface area (Å²) in [6.45, 7) is 3.40. The quantitative estimate of drug-likeness (QED) is 0.629. The molecule has 1 fully saturated rings. The number of nitrogens with zero attached hydrogens (tertiary/aromatic N) is 1. The highest BCUT2D eigenvalue weighted by atomic mass is 32.2. The normalized spacial score (nSPS) is 25.2. The smallest absolute Gasteiger partial charge is 0.243 e. The second kappa shape index (κ2) is 8.69. The lowest BCUT2D eigenvalue weighted by molar-refractivity contribution is 0.288. The highest BCUT2D eigenvalue weighted by Crippen LogP contribution is 2.51. The van der Waals surface area contributed by atoms with E-state index in [4.69, 9.17) is 9.47 Å². The van der Waals surface area contributed by atoms with E-state index in [0.29, 0.717) is 41.3 Å². The number of fused-ring (bicyclic) bond motifs is 3. The van der Waals surface area contributed by atoms with Crippen LogP contribution < -0.4 is 14.8 Å². The van der Waals surface area contributed by atoms with Crippen LogP contribution in [0.4, 0.5) is 5.69 Å². The number of benzene rings is 2. The number of allylic oxidation sites excluding steroid dienone is 2. The maximum Gasteiger partial charge on any atom is 0.243 e. The molecule has 6 nitrogen and oxygen atoms in total. The molecule has 3 atom stereocenters. The van der Waals surface area contributed by atoms with Crippen molar-refractivity contribution in [3.8, 4) is 11.5 Å². The number of sulfonamides is 1. The zero-order valence-electron chi connectivity index (χ0n) is 19.5. The Bertz CT molecular complexity index is 1170. The van der Waals surface area contributed by atoms with Crippen LogP contribution in [0.15, 0.2) is 53.4 Å². The van der Waals surface area contributed by atoms with E-state index in [1.54, 1.807) is 24.6 Å². The maximum atomic E-state index is 13.4. The number of nitrogens with one attached hydrogen (secondary N) is 1. The Hall–Kier alpha value is -2.51. The van der Waals surface area contributed by atoms with Gasteiger partial charge in [0.05, 0.1) is 25.2 Å². The molecule has 0 aromatic heterocycles. The van der Waals surface area contributed by atoms with Gasteiger partial charge in [-0.25, -0.2) is 8.42 Å². The number of ether oxygens (including phenoxy) is 2. The van der Waals surface area contributed by atoms with Crippen molar-refractivity contribution in [3.63, 3.8) is 0 Å². The summed E-state index contributed by atoms with van der Waals surface area (Å²) in [7, 11) is -0.192. The SMILES string of the molecule is COc1ccc(C2Nc3ccc(S(=O)(=O)N4CCC(C)CC4)cc3C3C=CCC32)cc1OC. The van der Waals surface area contributed by atoms with E-state index in [1.807, 2.05) is 24.3 Å². The Kier molecular flexibility index (Phi) is 5.87. The zero-order chi connectivity index (χ0) is 23.2. The summed E-state index contributed by atoms with van der Waals surface area (Å²) in [6.07, 6.45) is 7.24. The lowest BCUT2D eigenvalue weighted by Gasteiger charge is -2.38. The molecule has 3 aliphatic rings. The van der Waals surface area contributed by atoms with E-state index in [1.165, 1.54) is 0 Å². The zero-order valence-corrected chi connectivity index (χ0v) is 20.3. The molecule has 0 bridgehead atoms. The monoisotopic (exact) mass is 468 g/mol. The fraction of sp³-hybridized carbons (Fsp3) is 0.462. The van der Waals surface area contributed by atoms with Crippen LogP contribution >= 0.6 is 0 Å². The van der Waals surface area contributed by atoms with Crippen molar-refractivity contribution < 1.29 is 17.9 Å². The van der Waals surface area contributed by atoms with Gasteiger partial charge in [0.2, 0.25) is 10.0 Å². The van der Waals surface area contributed by atoms with Crippen molar-refractivity contribution >= 4 is 15.7 Å². The second-order valence-corrected chi connectivity index (χ2v) is 11.4. The van der Waals surface area contributed by atoms with Crippen LogP contribution in [0.1, 0.15) is 49.3 Å². The minimum Gasteiger partial charge on any atom is -0.493 e. The summed E-state index contributed by atoms with van der Waals surface area (Å²) in [5.74, 6) is 2.49. The molecule has 176 valence electrons. The molecule has 2 heterocycles. The standard InChI is InChI=1S/C26H32N2O4S/c1-17-11-13-28(14-12-17)33(29,30)19-8-9-23-22(16-19)20-5-4-6-21(20)26(27-23)18-7-10-24(31-2)25(15-18)32-3/h4-5,7-10,15-17,20-21,26-27H,6,11-14H2,1-3H3. The summed E-state index contributed by atoms with van der Waals surface area (Å²) in [5, 5.41) is 3.69. The molecule has 1 N–H and O–H groups in total. The Labute approximate surface area is 196 Å². The molecular weight excluding hydrogens is 436 g/mol. The van der Waals surface area contributed by atoms with Gasteiger partial charge in [-0.2, -0.15) is 4.31 Å². The molecule has 2 aromatic carbocycles. The van der Waals surface area contributed by atoms with Gasteiger partial charge in [0, 0.05) is 24.7 Å². The van der Waals surface area contributed by atoms with Crippen LogP contribution in [0.5, 0.6) is 11.5 Å². The molecule has 0 spiro atoms. The van der Waals surface area contributed by atoms with E-state index >= 15 is 0 Å². The van der Waals surface area contributed by atoms with Crippen molar-refractivity contribution in [1.29, 1.82) is 0 Å². The first-order valence-electron chi connectivity index (χ1n) is 11.7. The van der Waals surface area contributed by atoms with Gasteiger partial charge < -0.3 is 14.8 Å². The highest BCUT2D eigenvalue weighted by Gasteiger charge is 2.39. The van der Waals surface area contributed by atoms with Crippen LogP contribution in [0.2, 0.25) is 0 Å². The fourth-order valence-corrected chi connectivity index (χ4v) is 6.99. The lowest BCUT2D eigenvalue weighted by Crippen LogP contribution is -2.38. The Morgan fingerprint density at radius 3 is 2.48 bits per heavy atom. The van der Waals surface area contributed by atoms with Crippen LogP contribution in [0.3, 0.4) is 0 Å². The molecule has 2 aromatic rings. The first-order valence-corrected chi connectivity index (χ1v) is 13.2. The van der Waals surface area contributed by atoms with E-state index in [-0.39, 0.29) is 12.0 Å². The maximum absolute atomic E-state index is 13.4. The molecule has 0 amide bonds. The predicted molar refractivity (Wildman–Crippen MR) is 129 cm³/mol. The van der Waals surface area contributed by atoms with E-state index in [2.05, 4.69) is 30.5 Å². The fourth-order valence-electron chi connectivity index (χ4n) is 5.48. The summed E-state index contributed by atoms with van der Waals surface area (Å²) in [5.41, 5.74) is 3.20. The third kappa shape index (κ3) is 3.91. The Morgan fingerprint density at radius 1 is 1.00 bits per heavy atom. The molecule has 7 heteroatoms. The second-order valence-electron chi connectivity index (χ2n) is 9.43. The molecule has 0 saturated carbocycles. The molecule has 1 aliphatic carbocycles. The average molecular weight is 469 g/mol. The minimum absolute atomic E-state index is 0.100. The number of hydrogen-bond donors (Lipinski definition) is 1. The Morgan fingerprint density at radius 2 is 1.76 bits per heavy atom. The lowest BCUT2D eigenvalue weighted by atomic mass is 9.77. The van der Waals surface area contributed by atoms with Crippen LogP contribution in [0, 0.1) is 11.8 Å². The number of rotatable bonds is 5. The van der Waals surface area contributed by atoms with Crippen LogP contribution in [-0.4, -0.2) is 40.0 Å². The van der Waals surface area contributed by atoms with E-state index < -0.39 is 10.0 Å². The summed E-state index contributed by atoms with van der Waals surface area (Å²) in [6, 6.07) is 11.7. The van der Waals surface area contributed by atoms with Gasteiger partial charge in [-0.3, -0.25) is 0 Å². The third-order valence-corrected chi connectivity index (χ3v) is 9.38. The average Bonchev–Trinajstić information content (AvgIpc) is 3.33. The van der Waals surface area contributed by atoms with E-state index in [9.17, 15) is 8.42 Å². The minimum atomic E-state index is -3.48. The highest BCUT2D eigenvalue weighted by molar-refractivity contribution is 7.89. The molecule has 3 unspecified atom stereocenters. The van der Waals surface area contributed by atoms with Crippen molar-refractivity contribution in [3.05, 3.63) is 59.7 Å².